The lowest BCUT2D eigenvalue weighted by molar-refractivity contribution is -0.133. The molecule has 1 rings (SSSR count). The molecule has 58 valence electrons. The SMILES string of the molecule is CCC1=NC(=O)NC(=O)C1=O. The van der Waals surface area contributed by atoms with Gasteiger partial charge in [0.25, 0.3) is 5.78 Å². The van der Waals surface area contributed by atoms with Crippen LogP contribution in [0.2, 0.25) is 0 Å². The zero-order valence-electron chi connectivity index (χ0n) is 5.88. The lowest BCUT2D eigenvalue weighted by Crippen LogP contribution is -2.43. The maximum atomic E-state index is 10.8. The summed E-state index contributed by atoms with van der Waals surface area (Å²) in [5.74, 6) is -1.60. The van der Waals surface area contributed by atoms with Gasteiger partial charge in [0.15, 0.2) is 0 Å². The number of ketones is 1. The van der Waals surface area contributed by atoms with Crippen LogP contribution in [0.3, 0.4) is 0 Å². The van der Waals surface area contributed by atoms with Crippen molar-refractivity contribution >= 4 is 23.4 Å². The Kier molecular flexibility index (Phi) is 1.80. The minimum atomic E-state index is -0.887. The fraction of sp³-hybridized carbons (Fsp3) is 0.333. The lowest BCUT2D eigenvalue weighted by Gasteiger charge is -2.06. The number of nitrogens with one attached hydrogen (secondary N) is 1. The first-order valence-electron chi connectivity index (χ1n) is 3.12. The number of Topliss-reactive ketones (excluding diaryl/α,β-unsaturated/α-hetero) is 1. The van der Waals surface area contributed by atoms with Gasteiger partial charge in [-0.15, -0.1) is 0 Å². The number of rotatable bonds is 1. The molecule has 11 heavy (non-hydrogen) atoms. The van der Waals surface area contributed by atoms with E-state index in [2.05, 4.69) is 4.99 Å². The van der Waals surface area contributed by atoms with Crippen LogP contribution >= 0.6 is 0 Å². The van der Waals surface area contributed by atoms with E-state index in [9.17, 15) is 14.4 Å². The lowest BCUT2D eigenvalue weighted by atomic mass is 10.1. The van der Waals surface area contributed by atoms with Crippen LogP contribution in [0.4, 0.5) is 4.79 Å². The molecule has 0 fully saturated rings. The molecule has 0 unspecified atom stereocenters. The molecule has 0 aromatic heterocycles. The molecule has 0 aromatic carbocycles. The number of amides is 3. The van der Waals surface area contributed by atoms with E-state index in [0.717, 1.165) is 0 Å². The zero-order chi connectivity index (χ0) is 8.43. The van der Waals surface area contributed by atoms with Crippen molar-refractivity contribution in [3.63, 3.8) is 0 Å². The van der Waals surface area contributed by atoms with Crippen LogP contribution < -0.4 is 5.32 Å². The molecule has 1 N–H and O–H groups in total. The molecule has 0 saturated carbocycles. The number of carbonyl (C=O) groups excluding carboxylic acids is 3. The molecular formula is C6H6N2O3. The standard InChI is InChI=1S/C6H6N2O3/c1-2-3-4(9)5(10)8-6(11)7-3/h2H2,1H3,(H,8,10,11). The molecule has 5 heteroatoms. The third-order valence-corrected chi connectivity index (χ3v) is 1.26. The highest BCUT2D eigenvalue weighted by atomic mass is 16.2. The summed E-state index contributed by atoms with van der Waals surface area (Å²) in [6.45, 7) is 1.66. The van der Waals surface area contributed by atoms with Crippen molar-refractivity contribution in [2.24, 2.45) is 4.99 Å². The Labute approximate surface area is 62.5 Å². The molecule has 0 aliphatic carbocycles. The van der Waals surface area contributed by atoms with Crippen LogP contribution in [0.1, 0.15) is 13.3 Å². The predicted molar refractivity (Wildman–Crippen MR) is 36.3 cm³/mol. The van der Waals surface area contributed by atoms with Gasteiger partial charge in [-0.2, -0.15) is 4.99 Å². The number of hydrogen-bond acceptors (Lipinski definition) is 3. The second-order valence-electron chi connectivity index (χ2n) is 2.00. The van der Waals surface area contributed by atoms with E-state index in [0.29, 0.717) is 6.42 Å². The van der Waals surface area contributed by atoms with Gasteiger partial charge in [0.2, 0.25) is 0 Å². The second-order valence-corrected chi connectivity index (χ2v) is 2.00. The molecule has 1 aliphatic rings. The van der Waals surface area contributed by atoms with Crippen LogP contribution in [0.15, 0.2) is 4.99 Å². The van der Waals surface area contributed by atoms with E-state index in [-0.39, 0.29) is 5.71 Å². The van der Waals surface area contributed by atoms with E-state index < -0.39 is 17.7 Å². The van der Waals surface area contributed by atoms with E-state index >= 15 is 0 Å². The molecule has 1 aliphatic heterocycles. The summed E-state index contributed by atoms with van der Waals surface area (Å²) in [6.07, 6.45) is 0.304. The largest absolute Gasteiger partial charge is 0.348 e. The molecule has 0 atom stereocenters. The normalized spacial score (nSPS) is 17.9. The van der Waals surface area contributed by atoms with Gasteiger partial charge in [0, 0.05) is 0 Å². The predicted octanol–water partition coefficient (Wildman–Crippen LogP) is -0.344. The third-order valence-electron chi connectivity index (χ3n) is 1.26. The fourth-order valence-electron chi connectivity index (χ4n) is 0.726. The van der Waals surface area contributed by atoms with Crippen LogP contribution in [0, 0.1) is 0 Å². The van der Waals surface area contributed by atoms with Crippen molar-refractivity contribution in [3.8, 4) is 0 Å². The average molecular weight is 154 g/mol. The van der Waals surface area contributed by atoms with Crippen molar-refractivity contribution in [1.29, 1.82) is 0 Å². The minimum Gasteiger partial charge on any atom is -0.282 e. The number of urea groups is 1. The smallest absolute Gasteiger partial charge is 0.282 e. The molecule has 0 saturated heterocycles. The van der Waals surface area contributed by atoms with Gasteiger partial charge >= 0.3 is 11.9 Å². The van der Waals surface area contributed by atoms with Gasteiger partial charge in [0.05, 0.1) is 5.71 Å². The summed E-state index contributed by atoms with van der Waals surface area (Å²) >= 11 is 0. The van der Waals surface area contributed by atoms with Crippen molar-refractivity contribution in [3.05, 3.63) is 0 Å². The van der Waals surface area contributed by atoms with Crippen molar-refractivity contribution in [1.82, 2.24) is 5.32 Å². The minimum absolute atomic E-state index is 0.0266. The average Bonchev–Trinajstić information content (AvgIpc) is 1.96. The molecular weight excluding hydrogens is 148 g/mol. The van der Waals surface area contributed by atoms with Crippen LogP contribution in [-0.2, 0) is 9.59 Å². The highest BCUT2D eigenvalue weighted by Crippen LogP contribution is 1.95. The number of carbonyl (C=O) groups is 3. The van der Waals surface area contributed by atoms with Crippen molar-refractivity contribution < 1.29 is 14.4 Å². The molecule has 0 spiro atoms. The Morgan fingerprint density at radius 1 is 1.36 bits per heavy atom. The number of imide groups is 1. The maximum Gasteiger partial charge on any atom is 0.348 e. The van der Waals surface area contributed by atoms with Gasteiger partial charge < -0.3 is 0 Å². The molecule has 3 amide bonds. The van der Waals surface area contributed by atoms with E-state index in [1.54, 1.807) is 12.2 Å². The number of hydrogen-bond donors (Lipinski definition) is 1. The van der Waals surface area contributed by atoms with Gasteiger partial charge in [-0.25, -0.2) is 4.79 Å². The highest BCUT2D eigenvalue weighted by Gasteiger charge is 2.26. The summed E-state index contributed by atoms with van der Waals surface area (Å²) in [4.78, 5) is 35.3. The van der Waals surface area contributed by atoms with Crippen LogP contribution in [-0.4, -0.2) is 23.4 Å². The number of nitrogens with zero attached hydrogens (tertiary/aromatic N) is 1. The van der Waals surface area contributed by atoms with Crippen molar-refractivity contribution in [2.45, 2.75) is 13.3 Å². The monoisotopic (exact) mass is 154 g/mol. The summed E-state index contributed by atoms with van der Waals surface area (Å²) in [5.41, 5.74) is 0.0266. The zero-order valence-corrected chi connectivity index (χ0v) is 5.88. The Hall–Kier alpha value is -1.52. The van der Waals surface area contributed by atoms with Gasteiger partial charge in [-0.05, 0) is 6.42 Å². The highest BCUT2D eigenvalue weighted by molar-refractivity contribution is 6.67. The molecule has 0 bridgehead atoms. The van der Waals surface area contributed by atoms with Gasteiger partial charge in [-0.1, -0.05) is 6.92 Å². The molecule has 1 heterocycles. The first-order chi connectivity index (χ1) is 5.15. The molecule has 0 aromatic rings. The van der Waals surface area contributed by atoms with Gasteiger partial charge in [0.1, 0.15) is 0 Å². The third kappa shape index (κ3) is 1.31. The Morgan fingerprint density at radius 2 is 2.00 bits per heavy atom. The topological polar surface area (TPSA) is 75.6 Å². The van der Waals surface area contributed by atoms with E-state index in [1.807, 2.05) is 0 Å². The summed E-state index contributed by atoms with van der Waals surface area (Å²) in [7, 11) is 0. The first-order valence-corrected chi connectivity index (χ1v) is 3.12. The molecule has 0 radical (unpaired) electrons. The van der Waals surface area contributed by atoms with Crippen molar-refractivity contribution in [2.75, 3.05) is 0 Å². The van der Waals surface area contributed by atoms with Crippen LogP contribution in [0.25, 0.3) is 0 Å². The second kappa shape index (κ2) is 2.61. The van der Waals surface area contributed by atoms with E-state index in [1.165, 1.54) is 0 Å². The quantitative estimate of drug-likeness (QED) is 0.525. The Balaban J connectivity index is 2.99. The summed E-state index contributed by atoms with van der Waals surface area (Å²) < 4.78 is 0. The van der Waals surface area contributed by atoms with Crippen LogP contribution in [0.5, 0.6) is 0 Å². The van der Waals surface area contributed by atoms with Gasteiger partial charge in [-0.3, -0.25) is 14.9 Å². The maximum absolute atomic E-state index is 10.8. The molecule has 5 nitrogen and oxygen atoms in total. The fourth-order valence-corrected chi connectivity index (χ4v) is 0.726. The summed E-state index contributed by atoms with van der Waals surface area (Å²) in [5, 5.41) is 1.78. The number of aliphatic imine (C=N–C) groups is 1. The van der Waals surface area contributed by atoms with E-state index in [4.69, 9.17) is 0 Å². The Morgan fingerprint density at radius 3 is 2.55 bits per heavy atom. The first kappa shape index (κ1) is 7.59. The summed E-state index contributed by atoms with van der Waals surface area (Å²) in [6, 6.07) is -0.758. The Bertz CT molecular complexity index is 267.